The van der Waals surface area contributed by atoms with E-state index in [4.69, 9.17) is 9.98 Å². The van der Waals surface area contributed by atoms with Crippen molar-refractivity contribution in [3.05, 3.63) is 65.1 Å². The molecule has 1 aliphatic carbocycles. The molecule has 3 aliphatic rings. The van der Waals surface area contributed by atoms with Crippen LogP contribution in [-0.4, -0.2) is 67.1 Å². The highest BCUT2D eigenvalue weighted by atomic mass is 32.2. The van der Waals surface area contributed by atoms with Crippen LogP contribution in [0.3, 0.4) is 0 Å². The number of benzene rings is 1. The number of hydrogen-bond acceptors (Lipinski definition) is 8. The van der Waals surface area contributed by atoms with Gasteiger partial charge in [-0.2, -0.15) is 4.36 Å². The molecule has 1 aromatic heterocycles. The number of likely N-dealkylation sites (N-methyl/N-ethyl adjacent to an activating group) is 2. The molecule has 5 rings (SSSR count). The third-order valence-electron chi connectivity index (χ3n) is 7.04. The first kappa shape index (κ1) is 27.2. The van der Waals surface area contributed by atoms with Crippen LogP contribution in [-0.2, 0) is 9.73 Å². The van der Waals surface area contributed by atoms with Gasteiger partial charge in [0.25, 0.3) is 0 Å². The Labute approximate surface area is 230 Å². The summed E-state index contributed by atoms with van der Waals surface area (Å²) in [7, 11) is 1.54. The fraction of sp³-hybridized carbons (Fsp3) is 0.414. The van der Waals surface area contributed by atoms with Crippen molar-refractivity contribution >= 4 is 44.8 Å². The van der Waals surface area contributed by atoms with Gasteiger partial charge in [-0.05, 0) is 69.1 Å². The molecule has 8 nitrogen and oxygen atoms in total. The number of aromatic nitrogens is 1. The first-order valence-corrected chi connectivity index (χ1v) is 15.6. The molecule has 0 bridgehead atoms. The molecule has 1 saturated carbocycles. The number of pyridine rings is 1. The summed E-state index contributed by atoms with van der Waals surface area (Å²) in [4.78, 5) is 18.5. The second-order valence-electron chi connectivity index (χ2n) is 10.6. The number of nitrogens with one attached hydrogen (secondary N) is 1. The van der Waals surface area contributed by atoms with E-state index in [1.54, 1.807) is 36.8 Å². The van der Waals surface area contributed by atoms with Crippen molar-refractivity contribution in [1.29, 1.82) is 0 Å². The van der Waals surface area contributed by atoms with E-state index in [0.29, 0.717) is 41.1 Å². The van der Waals surface area contributed by atoms with Gasteiger partial charge in [0.1, 0.15) is 23.3 Å². The van der Waals surface area contributed by atoms with E-state index < -0.39 is 9.73 Å². The Kier molecular flexibility index (Phi) is 7.68. The number of aliphatic imine (C=N–C) groups is 2. The highest BCUT2D eigenvalue weighted by molar-refractivity contribution is 7.92. The number of amidine groups is 2. The number of fused-ring (bicyclic) bond motifs is 1. The second kappa shape index (κ2) is 11.0. The molecule has 1 fully saturated rings. The monoisotopic (exact) mass is 549 g/mol. The topological polar surface area (TPSA) is 85.5 Å². The van der Waals surface area contributed by atoms with Crippen molar-refractivity contribution in [3.8, 4) is 0 Å². The minimum Gasteiger partial charge on any atom is -0.373 e. The van der Waals surface area contributed by atoms with Gasteiger partial charge in [0, 0.05) is 64.9 Å². The Bertz CT molecular complexity index is 1510. The molecule has 2 aliphatic heterocycles. The van der Waals surface area contributed by atoms with Crippen molar-refractivity contribution in [2.24, 2.45) is 26.2 Å². The van der Waals surface area contributed by atoms with Crippen molar-refractivity contribution in [2.75, 3.05) is 56.0 Å². The Morgan fingerprint density at radius 1 is 1.23 bits per heavy atom. The molecule has 2 aromatic rings. The maximum atomic E-state index is 15.3. The van der Waals surface area contributed by atoms with Crippen molar-refractivity contribution in [1.82, 2.24) is 10.3 Å². The van der Waals surface area contributed by atoms with E-state index in [1.807, 2.05) is 39.2 Å². The zero-order valence-corrected chi connectivity index (χ0v) is 24.0. The van der Waals surface area contributed by atoms with Gasteiger partial charge in [0.05, 0.1) is 12.5 Å². The largest absolute Gasteiger partial charge is 0.373 e. The number of rotatable bonds is 9. The quantitative estimate of drug-likeness (QED) is 0.486. The van der Waals surface area contributed by atoms with Gasteiger partial charge in [0.2, 0.25) is 0 Å². The smallest absolute Gasteiger partial charge is 0.163 e. The lowest BCUT2D eigenvalue weighted by Gasteiger charge is -2.25. The Balaban J connectivity index is 1.42. The van der Waals surface area contributed by atoms with Crippen LogP contribution >= 0.6 is 0 Å². The fourth-order valence-corrected chi connectivity index (χ4v) is 5.47. The fourth-order valence-electron chi connectivity index (χ4n) is 4.92. The van der Waals surface area contributed by atoms with E-state index >= 15 is 4.39 Å². The molecule has 3 heterocycles. The SMILES string of the molecule is CNCCN(C)c1ccc(/C=C/C2=NCC3C=C(C4CC4)N(c4cccc(N=S(C)(C)=O)n4)C3=N2)c(F)c1C. The molecule has 1 aromatic carbocycles. The first-order chi connectivity index (χ1) is 18.6. The number of allylic oxidation sites excluding steroid dienone is 1. The Hall–Kier alpha value is -3.37. The summed E-state index contributed by atoms with van der Waals surface area (Å²) in [6.07, 6.45) is 11.2. The number of hydrogen-bond donors (Lipinski definition) is 1. The van der Waals surface area contributed by atoms with E-state index in [2.05, 4.69) is 30.5 Å². The molecule has 1 N–H and O–H groups in total. The zero-order valence-electron chi connectivity index (χ0n) is 23.2. The van der Waals surface area contributed by atoms with Crippen molar-refractivity contribution < 1.29 is 8.60 Å². The van der Waals surface area contributed by atoms with Crippen LogP contribution in [0.5, 0.6) is 0 Å². The number of nitrogens with zero attached hydrogens (tertiary/aromatic N) is 6. The van der Waals surface area contributed by atoms with Crippen LogP contribution in [0.4, 0.5) is 21.7 Å². The molecule has 0 spiro atoms. The van der Waals surface area contributed by atoms with E-state index in [1.165, 1.54) is 5.70 Å². The highest BCUT2D eigenvalue weighted by Crippen LogP contribution is 2.44. The molecule has 206 valence electrons. The van der Waals surface area contributed by atoms with E-state index in [-0.39, 0.29) is 11.7 Å². The average molecular weight is 550 g/mol. The summed E-state index contributed by atoms with van der Waals surface area (Å²) in [5.41, 5.74) is 3.19. The summed E-state index contributed by atoms with van der Waals surface area (Å²) < 4.78 is 31.8. The molecular weight excluding hydrogens is 513 g/mol. The van der Waals surface area contributed by atoms with Crippen LogP contribution in [0.15, 0.2) is 62.5 Å². The lowest BCUT2D eigenvalue weighted by Crippen LogP contribution is -2.34. The van der Waals surface area contributed by atoms with Gasteiger partial charge in [-0.15, -0.1) is 0 Å². The summed E-state index contributed by atoms with van der Waals surface area (Å²) >= 11 is 0. The summed E-state index contributed by atoms with van der Waals surface area (Å²) in [6.45, 7) is 3.99. The van der Waals surface area contributed by atoms with Crippen molar-refractivity contribution in [2.45, 2.75) is 19.8 Å². The summed E-state index contributed by atoms with van der Waals surface area (Å²) in [6, 6.07) is 9.34. The van der Waals surface area contributed by atoms with Gasteiger partial charge in [0.15, 0.2) is 5.82 Å². The van der Waals surface area contributed by atoms with Crippen LogP contribution in [0, 0.1) is 24.6 Å². The lowest BCUT2D eigenvalue weighted by molar-refractivity contribution is 0.614. The summed E-state index contributed by atoms with van der Waals surface area (Å²) in [5, 5.41) is 3.12. The summed E-state index contributed by atoms with van der Waals surface area (Å²) in [5.74, 6) is 2.87. The van der Waals surface area contributed by atoms with Crippen molar-refractivity contribution in [3.63, 3.8) is 0 Å². The molecular formula is C29H36FN7OS. The van der Waals surface area contributed by atoms with Gasteiger partial charge < -0.3 is 10.2 Å². The Morgan fingerprint density at radius 3 is 2.74 bits per heavy atom. The van der Waals surface area contributed by atoms with E-state index in [0.717, 1.165) is 37.5 Å². The molecule has 0 saturated heterocycles. The normalized spacial score (nSPS) is 19.1. The predicted octanol–water partition coefficient (Wildman–Crippen LogP) is 4.80. The lowest BCUT2D eigenvalue weighted by atomic mass is 10.1. The molecule has 1 unspecified atom stereocenters. The molecule has 0 amide bonds. The average Bonchev–Trinajstić information content (AvgIpc) is 3.67. The maximum Gasteiger partial charge on any atom is 0.163 e. The van der Waals surface area contributed by atoms with Crippen LogP contribution in [0.25, 0.3) is 6.08 Å². The minimum atomic E-state index is -2.33. The molecule has 10 heteroatoms. The third-order valence-corrected chi connectivity index (χ3v) is 7.66. The molecule has 0 radical (unpaired) electrons. The van der Waals surface area contributed by atoms with Crippen LogP contribution in [0.1, 0.15) is 24.0 Å². The van der Waals surface area contributed by atoms with Gasteiger partial charge >= 0.3 is 0 Å². The van der Waals surface area contributed by atoms with Gasteiger partial charge in [-0.25, -0.2) is 18.6 Å². The Morgan fingerprint density at radius 2 is 2.03 bits per heavy atom. The third kappa shape index (κ3) is 6.12. The molecule has 39 heavy (non-hydrogen) atoms. The highest BCUT2D eigenvalue weighted by Gasteiger charge is 2.41. The van der Waals surface area contributed by atoms with E-state index in [9.17, 15) is 4.21 Å². The second-order valence-corrected chi connectivity index (χ2v) is 13.1. The standard InChI is InChI=1S/C29H36FN7OS/c1-19-23(36(3)16-15-31-2)13-11-21(28(19)30)12-14-25-32-18-22-17-24(20-9-10-20)37(29(22)34-25)27-8-6-7-26(33-27)35-39(4,5)38/h6-8,11-14,17,20,22,31H,9-10,15-16,18H2,1-5H3/b14-12+. The van der Waals surface area contributed by atoms with Gasteiger partial charge in [-0.1, -0.05) is 12.1 Å². The maximum absolute atomic E-state index is 15.3. The number of halogens is 1. The van der Waals surface area contributed by atoms with Crippen LogP contribution < -0.4 is 15.1 Å². The first-order valence-electron chi connectivity index (χ1n) is 13.3. The molecule has 1 atom stereocenters. The van der Waals surface area contributed by atoms with Gasteiger partial charge in [-0.3, -0.25) is 9.89 Å². The predicted molar refractivity (Wildman–Crippen MR) is 160 cm³/mol. The zero-order chi connectivity index (χ0) is 27.7. The minimum absolute atomic E-state index is 0.0631. The van der Waals surface area contributed by atoms with Crippen LogP contribution in [0.2, 0.25) is 0 Å². The number of anilines is 2.